The molecule has 132 valence electrons. The van der Waals surface area contributed by atoms with E-state index in [2.05, 4.69) is 5.32 Å². The van der Waals surface area contributed by atoms with Gasteiger partial charge in [-0.1, -0.05) is 6.07 Å². The van der Waals surface area contributed by atoms with Gasteiger partial charge in [-0.15, -0.1) is 0 Å². The van der Waals surface area contributed by atoms with E-state index in [1.54, 1.807) is 16.7 Å². The quantitative estimate of drug-likeness (QED) is 0.807. The van der Waals surface area contributed by atoms with Crippen molar-refractivity contribution in [3.63, 3.8) is 0 Å². The van der Waals surface area contributed by atoms with Gasteiger partial charge in [-0.05, 0) is 44.6 Å². The van der Waals surface area contributed by atoms with Crippen molar-refractivity contribution in [1.29, 1.82) is 0 Å². The maximum atomic E-state index is 12.4. The third-order valence-corrected chi connectivity index (χ3v) is 4.95. The summed E-state index contributed by atoms with van der Waals surface area (Å²) in [5.41, 5.74) is 1.02. The van der Waals surface area contributed by atoms with Gasteiger partial charge in [0.05, 0.1) is 19.3 Å². The Balaban J connectivity index is 1.40. The fraction of sp³-hybridized carbons (Fsp3) is 0.667. The average molecular weight is 333 g/mol. The summed E-state index contributed by atoms with van der Waals surface area (Å²) < 4.78 is 7.31. The minimum absolute atomic E-state index is 0.0308. The first-order chi connectivity index (χ1) is 11.7. The molecule has 1 aromatic heterocycles. The fourth-order valence-electron chi connectivity index (χ4n) is 3.35. The van der Waals surface area contributed by atoms with Crippen LogP contribution in [0.3, 0.4) is 0 Å². The van der Waals surface area contributed by atoms with E-state index in [1.165, 1.54) is 12.8 Å². The monoisotopic (exact) mass is 333 g/mol. The molecule has 3 rings (SSSR count). The van der Waals surface area contributed by atoms with Crippen molar-refractivity contribution in [2.45, 2.75) is 45.2 Å². The van der Waals surface area contributed by atoms with Crippen molar-refractivity contribution in [1.82, 2.24) is 14.8 Å². The molecule has 0 radical (unpaired) electrons. The molecular weight excluding hydrogens is 306 g/mol. The molecule has 24 heavy (non-hydrogen) atoms. The second kappa shape index (κ2) is 7.83. The van der Waals surface area contributed by atoms with Crippen LogP contribution < -0.4 is 10.9 Å². The zero-order valence-electron chi connectivity index (χ0n) is 14.4. The third-order valence-electron chi connectivity index (χ3n) is 4.95. The topological polar surface area (TPSA) is 63.6 Å². The Morgan fingerprint density at radius 1 is 1.33 bits per heavy atom. The highest BCUT2D eigenvalue weighted by molar-refractivity contribution is 5.74. The number of rotatable bonds is 6. The van der Waals surface area contributed by atoms with Gasteiger partial charge in [0.25, 0.3) is 5.56 Å². The minimum Gasteiger partial charge on any atom is -0.377 e. The zero-order valence-corrected chi connectivity index (χ0v) is 14.4. The van der Waals surface area contributed by atoms with E-state index in [9.17, 15) is 9.59 Å². The highest BCUT2D eigenvalue weighted by atomic mass is 16.5. The summed E-state index contributed by atoms with van der Waals surface area (Å²) in [6.07, 6.45) is 4.16. The van der Waals surface area contributed by atoms with Gasteiger partial charge in [0.1, 0.15) is 0 Å². The Hall–Kier alpha value is -1.82. The van der Waals surface area contributed by atoms with Crippen LogP contribution >= 0.6 is 0 Å². The minimum atomic E-state index is 0.0308. The normalized spacial score (nSPS) is 20.9. The average Bonchev–Trinajstić information content (AvgIpc) is 3.41. The van der Waals surface area contributed by atoms with Crippen molar-refractivity contribution in [3.8, 4) is 0 Å². The Morgan fingerprint density at radius 3 is 2.92 bits per heavy atom. The van der Waals surface area contributed by atoms with E-state index in [0.717, 1.165) is 18.5 Å². The molecule has 2 fully saturated rings. The summed E-state index contributed by atoms with van der Waals surface area (Å²) in [7, 11) is 0. The molecule has 0 aromatic carbocycles. The van der Waals surface area contributed by atoms with Gasteiger partial charge in [0.2, 0.25) is 0 Å². The van der Waals surface area contributed by atoms with Gasteiger partial charge in [-0.2, -0.15) is 0 Å². The number of aromatic nitrogens is 1. The van der Waals surface area contributed by atoms with Gasteiger partial charge < -0.3 is 19.5 Å². The summed E-state index contributed by atoms with van der Waals surface area (Å²) in [4.78, 5) is 26.1. The van der Waals surface area contributed by atoms with E-state index in [-0.39, 0.29) is 17.6 Å². The van der Waals surface area contributed by atoms with Gasteiger partial charge in [0.15, 0.2) is 0 Å². The number of aryl methyl sites for hydroxylation is 1. The van der Waals surface area contributed by atoms with Crippen molar-refractivity contribution in [2.24, 2.45) is 5.92 Å². The molecule has 6 nitrogen and oxygen atoms in total. The summed E-state index contributed by atoms with van der Waals surface area (Å²) >= 11 is 0. The van der Waals surface area contributed by atoms with Crippen LogP contribution in [0.25, 0.3) is 0 Å². The highest BCUT2D eigenvalue weighted by Gasteiger charge is 2.39. The standard InChI is InChI=1S/C18H27N3O3/c1-14-5-4-6-17(22)20(14)10-3-2-9-19-18(23)21-11-12-24-13-16(21)15-7-8-15/h4-6,15-16H,2-3,7-13H2,1H3,(H,19,23). The van der Waals surface area contributed by atoms with Crippen LogP contribution in [-0.2, 0) is 11.3 Å². The summed E-state index contributed by atoms with van der Waals surface area (Å²) in [6, 6.07) is 5.60. The molecule has 2 aliphatic rings. The van der Waals surface area contributed by atoms with Crippen LogP contribution in [-0.4, -0.2) is 47.8 Å². The molecule has 1 unspecified atom stereocenters. The molecule has 1 aliphatic carbocycles. The molecule has 1 atom stereocenters. The van der Waals surface area contributed by atoms with E-state index in [0.29, 0.717) is 38.8 Å². The molecule has 2 heterocycles. The number of unbranched alkanes of at least 4 members (excludes halogenated alkanes) is 1. The van der Waals surface area contributed by atoms with Crippen LogP contribution in [0.4, 0.5) is 4.79 Å². The Labute approximate surface area is 142 Å². The Morgan fingerprint density at radius 2 is 2.17 bits per heavy atom. The summed E-state index contributed by atoms with van der Waals surface area (Å²) in [5.74, 6) is 0.629. The lowest BCUT2D eigenvalue weighted by Gasteiger charge is -2.35. The third kappa shape index (κ3) is 4.17. The summed E-state index contributed by atoms with van der Waals surface area (Å²) in [6.45, 7) is 5.28. The number of carbonyl (C=O) groups excluding carboxylic acids is 1. The van der Waals surface area contributed by atoms with Crippen LogP contribution in [0.5, 0.6) is 0 Å². The molecule has 2 amide bonds. The van der Waals surface area contributed by atoms with E-state index >= 15 is 0 Å². The smallest absolute Gasteiger partial charge is 0.317 e. The summed E-state index contributed by atoms with van der Waals surface area (Å²) in [5, 5.41) is 3.02. The van der Waals surface area contributed by atoms with Gasteiger partial charge in [0, 0.05) is 31.4 Å². The number of hydrogen-bond acceptors (Lipinski definition) is 3. The van der Waals surface area contributed by atoms with Crippen molar-refractivity contribution >= 4 is 6.03 Å². The number of nitrogens with zero attached hydrogens (tertiary/aromatic N) is 2. The molecule has 1 aliphatic heterocycles. The van der Waals surface area contributed by atoms with Crippen molar-refractivity contribution < 1.29 is 9.53 Å². The number of hydrogen-bond donors (Lipinski definition) is 1. The van der Waals surface area contributed by atoms with Crippen molar-refractivity contribution in [3.05, 3.63) is 34.2 Å². The molecular formula is C18H27N3O3. The van der Waals surface area contributed by atoms with Gasteiger partial charge in [-0.3, -0.25) is 4.79 Å². The molecule has 1 aromatic rings. The first-order valence-electron chi connectivity index (χ1n) is 8.95. The van der Waals surface area contributed by atoms with Gasteiger partial charge in [-0.25, -0.2) is 4.79 Å². The van der Waals surface area contributed by atoms with E-state index in [4.69, 9.17) is 4.74 Å². The van der Waals surface area contributed by atoms with Gasteiger partial charge >= 0.3 is 6.03 Å². The predicted molar refractivity (Wildman–Crippen MR) is 92.1 cm³/mol. The molecule has 1 saturated carbocycles. The maximum Gasteiger partial charge on any atom is 0.317 e. The maximum absolute atomic E-state index is 12.4. The largest absolute Gasteiger partial charge is 0.377 e. The van der Waals surface area contributed by atoms with E-state index < -0.39 is 0 Å². The number of ether oxygens (including phenoxy) is 1. The molecule has 0 spiro atoms. The fourth-order valence-corrected chi connectivity index (χ4v) is 3.35. The number of morpholine rings is 1. The van der Waals surface area contributed by atoms with Crippen LogP contribution in [0.15, 0.2) is 23.0 Å². The Kier molecular flexibility index (Phi) is 5.56. The second-order valence-electron chi connectivity index (χ2n) is 6.77. The second-order valence-corrected chi connectivity index (χ2v) is 6.77. The number of urea groups is 1. The lowest BCUT2D eigenvalue weighted by molar-refractivity contribution is 0.00473. The number of carbonyl (C=O) groups is 1. The lowest BCUT2D eigenvalue weighted by Crippen LogP contribution is -2.53. The van der Waals surface area contributed by atoms with E-state index in [1.807, 2.05) is 17.9 Å². The molecule has 6 heteroatoms. The first kappa shape index (κ1) is 17.0. The number of nitrogens with one attached hydrogen (secondary N) is 1. The zero-order chi connectivity index (χ0) is 16.9. The molecule has 1 N–H and O–H groups in total. The molecule has 0 bridgehead atoms. The predicted octanol–water partition coefficient (Wildman–Crippen LogP) is 1.76. The highest BCUT2D eigenvalue weighted by Crippen LogP contribution is 2.36. The van der Waals surface area contributed by atoms with Crippen LogP contribution in [0.1, 0.15) is 31.4 Å². The Bertz CT molecular complexity index is 624. The van der Waals surface area contributed by atoms with Crippen molar-refractivity contribution in [2.75, 3.05) is 26.3 Å². The van der Waals surface area contributed by atoms with Crippen LogP contribution in [0.2, 0.25) is 0 Å². The van der Waals surface area contributed by atoms with Crippen LogP contribution in [0, 0.1) is 12.8 Å². The molecule has 1 saturated heterocycles. The lowest BCUT2D eigenvalue weighted by atomic mass is 10.1. The SMILES string of the molecule is Cc1cccc(=O)n1CCCCNC(=O)N1CCOCC1C1CC1. The number of pyridine rings is 1. The number of amides is 2. The first-order valence-corrected chi connectivity index (χ1v) is 8.95.